The summed E-state index contributed by atoms with van der Waals surface area (Å²) < 4.78 is 17.0. The number of aromatic nitrogens is 2. The van der Waals surface area contributed by atoms with E-state index in [0.29, 0.717) is 11.0 Å². The van der Waals surface area contributed by atoms with Crippen molar-refractivity contribution in [3.8, 4) is 0 Å². The lowest BCUT2D eigenvalue weighted by atomic mass is 10.3. The van der Waals surface area contributed by atoms with Crippen LogP contribution in [0.25, 0.3) is 0 Å². The molecular formula is C14H14Br2FN3O. The fourth-order valence-corrected chi connectivity index (χ4v) is 2.52. The minimum atomic E-state index is -0.466. The first kappa shape index (κ1) is 16.2. The number of amides is 1. The van der Waals surface area contributed by atoms with Crippen LogP contribution >= 0.6 is 31.9 Å². The van der Waals surface area contributed by atoms with Gasteiger partial charge >= 0.3 is 0 Å². The lowest BCUT2D eigenvalue weighted by Crippen LogP contribution is -2.16. The van der Waals surface area contributed by atoms with Gasteiger partial charge in [0.25, 0.3) is 0 Å². The molecule has 1 aromatic carbocycles. The molecule has 1 N–H and O–H groups in total. The second-order valence-corrected chi connectivity index (χ2v) is 6.34. The summed E-state index contributed by atoms with van der Waals surface area (Å²) in [5, 5.41) is 6.89. The Kier molecular flexibility index (Phi) is 5.16. The molecule has 0 aliphatic rings. The van der Waals surface area contributed by atoms with E-state index in [1.165, 1.54) is 12.1 Å². The average molecular weight is 419 g/mol. The van der Waals surface area contributed by atoms with Gasteiger partial charge in [0.05, 0.1) is 22.4 Å². The van der Waals surface area contributed by atoms with E-state index in [0.717, 1.165) is 15.9 Å². The van der Waals surface area contributed by atoms with Crippen LogP contribution in [0.15, 0.2) is 27.1 Å². The average Bonchev–Trinajstić information content (AvgIpc) is 2.67. The van der Waals surface area contributed by atoms with Gasteiger partial charge in [-0.2, -0.15) is 5.10 Å². The highest BCUT2D eigenvalue weighted by Crippen LogP contribution is 2.21. The highest BCUT2D eigenvalue weighted by molar-refractivity contribution is 9.10. The Labute approximate surface area is 139 Å². The summed E-state index contributed by atoms with van der Waals surface area (Å²) in [6.07, 6.45) is 0.226. The van der Waals surface area contributed by atoms with Crippen molar-refractivity contribution in [1.29, 1.82) is 0 Å². The van der Waals surface area contributed by atoms with E-state index in [2.05, 4.69) is 42.3 Å². The molecule has 0 fully saturated rings. The van der Waals surface area contributed by atoms with Crippen molar-refractivity contribution in [1.82, 2.24) is 9.78 Å². The summed E-state index contributed by atoms with van der Waals surface area (Å²) >= 11 is 6.61. The molecule has 2 aromatic rings. The fourth-order valence-electron chi connectivity index (χ4n) is 1.90. The molecule has 2 rings (SSSR count). The number of halogens is 3. The maximum Gasteiger partial charge on any atom is 0.226 e. The second-order valence-electron chi connectivity index (χ2n) is 4.63. The van der Waals surface area contributed by atoms with Crippen LogP contribution in [0.2, 0.25) is 0 Å². The first-order valence-corrected chi connectivity index (χ1v) is 7.91. The highest BCUT2D eigenvalue weighted by Gasteiger charge is 2.11. The molecule has 0 bridgehead atoms. The Balaban J connectivity index is 1.97. The van der Waals surface area contributed by atoms with Crippen LogP contribution in [0, 0.1) is 19.7 Å². The van der Waals surface area contributed by atoms with Crippen molar-refractivity contribution < 1.29 is 9.18 Å². The van der Waals surface area contributed by atoms with Gasteiger partial charge in [-0.05, 0) is 48.0 Å². The van der Waals surface area contributed by atoms with E-state index in [-0.39, 0.29) is 18.0 Å². The van der Waals surface area contributed by atoms with Gasteiger partial charge in [0, 0.05) is 16.6 Å². The smallest absolute Gasteiger partial charge is 0.226 e. The van der Waals surface area contributed by atoms with Crippen LogP contribution in [-0.4, -0.2) is 15.7 Å². The molecule has 21 heavy (non-hydrogen) atoms. The van der Waals surface area contributed by atoms with Gasteiger partial charge < -0.3 is 5.32 Å². The van der Waals surface area contributed by atoms with Crippen molar-refractivity contribution in [2.45, 2.75) is 26.8 Å². The zero-order chi connectivity index (χ0) is 15.6. The first-order valence-electron chi connectivity index (χ1n) is 6.33. The molecule has 0 atom stereocenters. The first-order chi connectivity index (χ1) is 9.88. The van der Waals surface area contributed by atoms with Gasteiger partial charge in [0.15, 0.2) is 0 Å². The molecule has 112 valence electrons. The lowest BCUT2D eigenvalue weighted by molar-refractivity contribution is -0.116. The standard InChI is InChI=1S/C14H14Br2FN3O/c1-8-14(16)9(2)20(19-8)6-5-13(21)18-12-4-3-10(15)7-11(12)17/h3-4,7H,5-6H2,1-2H3,(H,18,21). The minimum absolute atomic E-state index is 0.178. The minimum Gasteiger partial charge on any atom is -0.324 e. The highest BCUT2D eigenvalue weighted by atomic mass is 79.9. The Bertz CT molecular complexity index is 685. The predicted octanol–water partition coefficient (Wildman–Crippen LogP) is 4.19. The van der Waals surface area contributed by atoms with E-state index in [1.54, 1.807) is 10.7 Å². The van der Waals surface area contributed by atoms with Gasteiger partial charge in [-0.15, -0.1) is 0 Å². The van der Waals surface area contributed by atoms with Crippen molar-refractivity contribution in [3.63, 3.8) is 0 Å². The third-order valence-electron chi connectivity index (χ3n) is 3.05. The van der Waals surface area contributed by atoms with Gasteiger partial charge in [0.1, 0.15) is 5.82 Å². The van der Waals surface area contributed by atoms with E-state index >= 15 is 0 Å². The van der Waals surface area contributed by atoms with Gasteiger partial charge in [-0.25, -0.2) is 4.39 Å². The Hall–Kier alpha value is -1.21. The summed E-state index contributed by atoms with van der Waals surface area (Å²) in [4.78, 5) is 11.9. The Morgan fingerprint density at radius 2 is 2.10 bits per heavy atom. The van der Waals surface area contributed by atoms with Crippen LogP contribution in [0.3, 0.4) is 0 Å². The number of anilines is 1. The number of carbonyl (C=O) groups is 1. The van der Waals surface area contributed by atoms with Crippen LogP contribution in [0.4, 0.5) is 10.1 Å². The molecule has 0 saturated carbocycles. The molecular weight excluding hydrogens is 405 g/mol. The van der Waals surface area contributed by atoms with E-state index in [9.17, 15) is 9.18 Å². The fraction of sp³-hybridized carbons (Fsp3) is 0.286. The van der Waals surface area contributed by atoms with Crippen LogP contribution in [0.1, 0.15) is 17.8 Å². The molecule has 0 radical (unpaired) electrons. The zero-order valence-corrected chi connectivity index (χ0v) is 14.8. The quantitative estimate of drug-likeness (QED) is 0.808. The predicted molar refractivity (Wildman–Crippen MR) is 86.7 cm³/mol. The molecule has 0 aliphatic heterocycles. The second kappa shape index (κ2) is 6.70. The van der Waals surface area contributed by atoms with Crippen molar-refractivity contribution >= 4 is 43.5 Å². The molecule has 7 heteroatoms. The van der Waals surface area contributed by atoms with Crippen molar-refractivity contribution in [2.75, 3.05) is 5.32 Å². The molecule has 0 unspecified atom stereocenters. The lowest BCUT2D eigenvalue weighted by Gasteiger charge is -2.08. The number of nitrogens with zero attached hydrogens (tertiary/aromatic N) is 2. The number of carbonyl (C=O) groups excluding carboxylic acids is 1. The van der Waals surface area contributed by atoms with Crippen LogP contribution in [0.5, 0.6) is 0 Å². The maximum atomic E-state index is 13.6. The van der Waals surface area contributed by atoms with Crippen molar-refractivity contribution in [2.24, 2.45) is 0 Å². The number of benzene rings is 1. The Morgan fingerprint density at radius 3 is 2.67 bits per heavy atom. The summed E-state index contributed by atoms with van der Waals surface area (Å²) in [5.41, 5.74) is 2.03. The normalized spacial score (nSPS) is 10.7. The summed E-state index contributed by atoms with van der Waals surface area (Å²) in [6, 6.07) is 4.52. The topological polar surface area (TPSA) is 46.9 Å². The largest absolute Gasteiger partial charge is 0.324 e. The van der Waals surface area contributed by atoms with Gasteiger partial charge in [-0.1, -0.05) is 15.9 Å². The molecule has 1 aromatic heterocycles. The van der Waals surface area contributed by atoms with Gasteiger partial charge in [0.2, 0.25) is 5.91 Å². The summed E-state index contributed by atoms with van der Waals surface area (Å²) in [5.74, 6) is -0.716. The zero-order valence-electron chi connectivity index (χ0n) is 11.6. The number of hydrogen-bond acceptors (Lipinski definition) is 2. The number of hydrogen-bond donors (Lipinski definition) is 1. The molecule has 1 heterocycles. The number of aryl methyl sites for hydroxylation is 2. The number of nitrogens with one attached hydrogen (secondary N) is 1. The molecule has 4 nitrogen and oxygen atoms in total. The Morgan fingerprint density at radius 1 is 1.38 bits per heavy atom. The monoisotopic (exact) mass is 417 g/mol. The third kappa shape index (κ3) is 3.91. The molecule has 1 amide bonds. The van der Waals surface area contributed by atoms with Crippen LogP contribution < -0.4 is 5.32 Å². The SMILES string of the molecule is Cc1nn(CCC(=O)Nc2ccc(Br)cc2F)c(C)c1Br. The molecule has 0 spiro atoms. The van der Waals surface area contributed by atoms with E-state index in [4.69, 9.17) is 0 Å². The number of rotatable bonds is 4. The molecule has 0 saturated heterocycles. The van der Waals surface area contributed by atoms with E-state index < -0.39 is 5.82 Å². The van der Waals surface area contributed by atoms with E-state index in [1.807, 2.05) is 13.8 Å². The van der Waals surface area contributed by atoms with Gasteiger partial charge in [-0.3, -0.25) is 9.48 Å². The third-order valence-corrected chi connectivity index (χ3v) is 4.69. The summed E-state index contributed by atoms with van der Waals surface area (Å²) in [7, 11) is 0. The van der Waals surface area contributed by atoms with Crippen molar-refractivity contribution in [3.05, 3.63) is 44.3 Å². The van der Waals surface area contributed by atoms with Crippen LogP contribution in [-0.2, 0) is 11.3 Å². The maximum absolute atomic E-state index is 13.6. The summed E-state index contributed by atoms with van der Waals surface area (Å²) in [6.45, 7) is 4.27. The molecule has 0 aliphatic carbocycles.